The lowest BCUT2D eigenvalue weighted by Crippen LogP contribution is -2.50. The van der Waals surface area contributed by atoms with Gasteiger partial charge < -0.3 is 4.90 Å². The molecule has 0 unspecified atom stereocenters. The molecule has 8 nitrogen and oxygen atoms in total. The summed E-state index contributed by atoms with van der Waals surface area (Å²) in [5, 5.41) is 0. The monoisotopic (exact) mass is 401 g/mol. The lowest BCUT2D eigenvalue weighted by molar-refractivity contribution is 0.0698. The van der Waals surface area contributed by atoms with Crippen molar-refractivity contribution in [2.75, 3.05) is 48.5 Å². The van der Waals surface area contributed by atoms with E-state index in [2.05, 4.69) is 0 Å². The van der Waals surface area contributed by atoms with Crippen LogP contribution in [0.2, 0.25) is 0 Å². The van der Waals surface area contributed by atoms with Crippen molar-refractivity contribution in [1.82, 2.24) is 9.21 Å². The van der Waals surface area contributed by atoms with Crippen LogP contribution in [0.15, 0.2) is 24.3 Å². The fourth-order valence-electron chi connectivity index (χ4n) is 3.23. The van der Waals surface area contributed by atoms with Crippen LogP contribution >= 0.6 is 0 Å². The van der Waals surface area contributed by atoms with E-state index in [9.17, 15) is 21.6 Å². The highest BCUT2D eigenvalue weighted by atomic mass is 32.2. The molecule has 1 amide bonds. The zero-order valence-corrected chi connectivity index (χ0v) is 16.3. The van der Waals surface area contributed by atoms with Gasteiger partial charge in [0.05, 0.1) is 17.2 Å². The number of carbonyl (C=O) groups excluding carboxylic acids is 1. The summed E-state index contributed by atoms with van der Waals surface area (Å²) < 4.78 is 50.5. The average molecular weight is 402 g/mol. The molecule has 0 aliphatic carbocycles. The summed E-state index contributed by atoms with van der Waals surface area (Å²) in [5.74, 6) is 0.0369. The minimum absolute atomic E-state index is 0.0574. The van der Waals surface area contributed by atoms with E-state index < -0.39 is 20.0 Å². The molecule has 2 aliphatic rings. The predicted molar refractivity (Wildman–Crippen MR) is 99.1 cm³/mol. The van der Waals surface area contributed by atoms with Gasteiger partial charge in [0, 0.05) is 38.3 Å². The summed E-state index contributed by atoms with van der Waals surface area (Å²) in [7, 11) is -6.47. The Kier molecular flexibility index (Phi) is 5.27. The van der Waals surface area contributed by atoms with Gasteiger partial charge in [-0.1, -0.05) is 0 Å². The van der Waals surface area contributed by atoms with E-state index in [4.69, 9.17) is 0 Å². The Morgan fingerprint density at radius 2 is 1.65 bits per heavy atom. The van der Waals surface area contributed by atoms with Crippen molar-refractivity contribution in [1.29, 1.82) is 0 Å². The fourth-order valence-corrected chi connectivity index (χ4v) is 5.88. The summed E-state index contributed by atoms with van der Waals surface area (Å²) in [6.07, 6.45) is 0.605. The third-order valence-electron chi connectivity index (χ3n) is 4.79. The van der Waals surface area contributed by atoms with Gasteiger partial charge in [0.15, 0.2) is 0 Å². The quantitative estimate of drug-likeness (QED) is 0.725. The van der Waals surface area contributed by atoms with Crippen LogP contribution in [0.1, 0.15) is 23.7 Å². The zero-order chi connectivity index (χ0) is 18.9. The lowest BCUT2D eigenvalue weighted by atomic mass is 10.1. The molecule has 0 radical (unpaired) electrons. The molecule has 0 atom stereocenters. The largest absolute Gasteiger partial charge is 0.336 e. The van der Waals surface area contributed by atoms with Crippen molar-refractivity contribution < 1.29 is 21.6 Å². The molecule has 2 heterocycles. The van der Waals surface area contributed by atoms with E-state index in [1.54, 1.807) is 36.1 Å². The molecule has 0 N–H and O–H groups in total. The van der Waals surface area contributed by atoms with Crippen molar-refractivity contribution in [3.63, 3.8) is 0 Å². The molecule has 2 aliphatic heterocycles. The first-order valence-corrected chi connectivity index (χ1v) is 11.8. The normalized spacial score (nSPS) is 21.1. The van der Waals surface area contributed by atoms with E-state index in [1.165, 1.54) is 8.61 Å². The van der Waals surface area contributed by atoms with Gasteiger partial charge in [-0.15, -0.1) is 0 Å². The lowest BCUT2D eigenvalue weighted by Gasteiger charge is -2.33. The number of amides is 1. The maximum Gasteiger partial charge on any atom is 0.253 e. The average Bonchev–Trinajstić information content (AvgIpc) is 3.00. The molecule has 2 saturated heterocycles. The number of nitrogens with zero attached hydrogens (tertiary/aromatic N) is 3. The van der Waals surface area contributed by atoms with Crippen LogP contribution in [0.25, 0.3) is 0 Å². The minimum Gasteiger partial charge on any atom is -0.336 e. The summed E-state index contributed by atoms with van der Waals surface area (Å²) >= 11 is 0. The van der Waals surface area contributed by atoms with Gasteiger partial charge in [0.2, 0.25) is 20.0 Å². The molecule has 0 bridgehead atoms. The Balaban J connectivity index is 1.66. The van der Waals surface area contributed by atoms with E-state index >= 15 is 0 Å². The highest BCUT2D eigenvalue weighted by Gasteiger charge is 2.30. The minimum atomic E-state index is -3.24. The highest BCUT2D eigenvalue weighted by molar-refractivity contribution is 7.93. The molecular weight excluding hydrogens is 378 g/mol. The van der Waals surface area contributed by atoms with E-state index in [1.807, 2.05) is 0 Å². The number of anilines is 1. The Morgan fingerprint density at radius 3 is 2.15 bits per heavy atom. The molecular formula is C16H23N3O5S2. The maximum atomic E-state index is 12.6. The van der Waals surface area contributed by atoms with Gasteiger partial charge in [0.25, 0.3) is 5.91 Å². The first-order valence-electron chi connectivity index (χ1n) is 8.62. The third-order valence-corrected chi connectivity index (χ3v) is 8.54. The van der Waals surface area contributed by atoms with Gasteiger partial charge in [-0.2, -0.15) is 4.31 Å². The number of piperazine rings is 1. The Hall–Kier alpha value is -1.65. The first-order chi connectivity index (χ1) is 12.2. The first kappa shape index (κ1) is 19.1. The van der Waals surface area contributed by atoms with Crippen molar-refractivity contribution in [2.45, 2.75) is 13.3 Å². The second-order valence-corrected chi connectivity index (χ2v) is 10.7. The molecule has 0 aromatic heterocycles. The van der Waals surface area contributed by atoms with Gasteiger partial charge in [-0.05, 0) is 37.6 Å². The molecule has 2 fully saturated rings. The second kappa shape index (κ2) is 7.16. The van der Waals surface area contributed by atoms with Crippen molar-refractivity contribution in [3.05, 3.63) is 29.8 Å². The standard InChI is InChI=1S/C16H23N3O5S2/c1-2-25(21,22)18-11-9-17(10-12-18)16(20)14-4-6-15(7-5-14)19-8-3-13-26(19,23)24/h4-7H,2-3,8-13H2,1H3. The highest BCUT2D eigenvalue weighted by Crippen LogP contribution is 2.24. The predicted octanol–water partition coefficient (Wildman–Crippen LogP) is 0.334. The summed E-state index contributed by atoms with van der Waals surface area (Å²) in [6, 6.07) is 6.54. The van der Waals surface area contributed by atoms with E-state index in [-0.39, 0.29) is 17.4 Å². The molecule has 144 valence electrons. The molecule has 1 aromatic rings. The Bertz CT molecular complexity index is 873. The molecule has 1 aromatic carbocycles. The SMILES string of the molecule is CCS(=O)(=O)N1CCN(C(=O)c2ccc(N3CCCS3(=O)=O)cc2)CC1. The van der Waals surface area contributed by atoms with Crippen LogP contribution in [0, 0.1) is 0 Å². The number of hydrogen-bond acceptors (Lipinski definition) is 5. The van der Waals surface area contributed by atoms with Crippen LogP contribution in [0.5, 0.6) is 0 Å². The van der Waals surface area contributed by atoms with E-state index in [0.717, 1.165) is 0 Å². The van der Waals surface area contributed by atoms with E-state index in [0.29, 0.717) is 50.4 Å². The zero-order valence-electron chi connectivity index (χ0n) is 14.7. The van der Waals surface area contributed by atoms with Gasteiger partial charge in [0.1, 0.15) is 0 Å². The van der Waals surface area contributed by atoms with Crippen LogP contribution < -0.4 is 4.31 Å². The number of sulfonamides is 2. The summed E-state index contributed by atoms with van der Waals surface area (Å²) in [5.41, 5.74) is 1.04. The van der Waals surface area contributed by atoms with Crippen molar-refractivity contribution in [3.8, 4) is 0 Å². The van der Waals surface area contributed by atoms with Gasteiger partial charge >= 0.3 is 0 Å². The van der Waals surface area contributed by atoms with Gasteiger partial charge in [-0.25, -0.2) is 16.8 Å². The third kappa shape index (κ3) is 3.72. The van der Waals surface area contributed by atoms with Gasteiger partial charge in [-0.3, -0.25) is 9.10 Å². The summed E-state index contributed by atoms with van der Waals surface area (Å²) in [6.45, 7) is 3.36. The van der Waals surface area contributed by atoms with Crippen LogP contribution in [0.4, 0.5) is 5.69 Å². The van der Waals surface area contributed by atoms with Crippen LogP contribution in [0.3, 0.4) is 0 Å². The Morgan fingerprint density at radius 1 is 1.04 bits per heavy atom. The molecule has 0 saturated carbocycles. The number of rotatable bonds is 4. The number of hydrogen-bond donors (Lipinski definition) is 0. The summed E-state index contributed by atoms with van der Waals surface area (Å²) in [4.78, 5) is 14.2. The fraction of sp³-hybridized carbons (Fsp3) is 0.562. The van der Waals surface area contributed by atoms with Crippen molar-refractivity contribution in [2.24, 2.45) is 0 Å². The smallest absolute Gasteiger partial charge is 0.253 e. The van der Waals surface area contributed by atoms with Crippen LogP contribution in [-0.4, -0.2) is 76.2 Å². The molecule has 0 spiro atoms. The molecule has 26 heavy (non-hydrogen) atoms. The molecule has 3 rings (SSSR count). The maximum absolute atomic E-state index is 12.6. The van der Waals surface area contributed by atoms with Crippen molar-refractivity contribution >= 4 is 31.6 Å². The topological polar surface area (TPSA) is 95.1 Å². The Labute approximate surface area is 154 Å². The number of benzene rings is 1. The number of carbonyl (C=O) groups is 1. The second-order valence-electron chi connectivity index (χ2n) is 6.38. The van der Waals surface area contributed by atoms with Crippen LogP contribution in [-0.2, 0) is 20.0 Å². The molecule has 10 heteroatoms.